The SMILES string of the molecule is Cc1c(C(=O)N2CCC(C(C)O)C2)oc2ccccc12. The maximum absolute atomic E-state index is 12.6. The van der Waals surface area contributed by atoms with Gasteiger partial charge in [0.05, 0.1) is 6.10 Å². The summed E-state index contributed by atoms with van der Waals surface area (Å²) < 4.78 is 5.72. The van der Waals surface area contributed by atoms with Crippen LogP contribution in [0.4, 0.5) is 0 Å². The van der Waals surface area contributed by atoms with Gasteiger partial charge in [-0.1, -0.05) is 18.2 Å². The maximum atomic E-state index is 12.6. The Bertz CT molecular complexity index is 644. The van der Waals surface area contributed by atoms with E-state index in [1.165, 1.54) is 0 Å². The summed E-state index contributed by atoms with van der Waals surface area (Å²) in [5.74, 6) is 0.530. The lowest BCUT2D eigenvalue weighted by Crippen LogP contribution is -2.30. The van der Waals surface area contributed by atoms with Crippen LogP contribution in [0.1, 0.15) is 29.5 Å². The second kappa shape index (κ2) is 4.94. The number of para-hydroxylation sites is 1. The van der Waals surface area contributed by atoms with Gasteiger partial charge in [0.2, 0.25) is 0 Å². The number of nitrogens with zero attached hydrogens (tertiary/aromatic N) is 1. The van der Waals surface area contributed by atoms with Crippen molar-refractivity contribution in [2.45, 2.75) is 26.4 Å². The summed E-state index contributed by atoms with van der Waals surface area (Å²) in [5.41, 5.74) is 1.64. The third-order valence-electron chi connectivity index (χ3n) is 4.23. The Morgan fingerprint density at radius 2 is 2.20 bits per heavy atom. The summed E-state index contributed by atoms with van der Waals surface area (Å²) in [6, 6.07) is 7.69. The van der Waals surface area contributed by atoms with Gasteiger partial charge in [-0.05, 0) is 26.3 Å². The predicted molar refractivity (Wildman–Crippen MR) is 76.6 cm³/mol. The number of aliphatic hydroxyl groups excluding tert-OH is 1. The van der Waals surface area contributed by atoms with Crippen molar-refractivity contribution in [1.29, 1.82) is 0 Å². The van der Waals surface area contributed by atoms with E-state index in [9.17, 15) is 9.90 Å². The Morgan fingerprint density at radius 3 is 2.85 bits per heavy atom. The molecule has 0 aliphatic carbocycles. The van der Waals surface area contributed by atoms with Crippen LogP contribution in [0.5, 0.6) is 0 Å². The third-order valence-corrected chi connectivity index (χ3v) is 4.23. The molecular formula is C16H19NO3. The smallest absolute Gasteiger partial charge is 0.289 e. The third kappa shape index (κ3) is 2.10. The number of benzene rings is 1. The first kappa shape index (κ1) is 13.2. The van der Waals surface area contributed by atoms with Crippen LogP contribution >= 0.6 is 0 Å². The molecule has 1 N–H and O–H groups in total. The van der Waals surface area contributed by atoms with E-state index in [0.29, 0.717) is 18.8 Å². The van der Waals surface area contributed by atoms with Gasteiger partial charge < -0.3 is 14.4 Å². The van der Waals surface area contributed by atoms with Crippen LogP contribution in [0.25, 0.3) is 11.0 Å². The number of aryl methyl sites for hydroxylation is 1. The molecule has 2 unspecified atom stereocenters. The molecule has 3 rings (SSSR count). The van der Waals surface area contributed by atoms with Crippen molar-refractivity contribution >= 4 is 16.9 Å². The molecule has 0 spiro atoms. The van der Waals surface area contributed by atoms with E-state index in [4.69, 9.17) is 4.42 Å². The molecule has 1 fully saturated rings. The fourth-order valence-corrected chi connectivity index (χ4v) is 2.89. The molecule has 0 radical (unpaired) electrons. The van der Waals surface area contributed by atoms with Crippen molar-refractivity contribution in [3.8, 4) is 0 Å². The minimum absolute atomic E-state index is 0.0677. The first-order chi connectivity index (χ1) is 9.58. The molecule has 1 saturated heterocycles. The molecule has 2 atom stereocenters. The molecule has 1 aromatic carbocycles. The molecule has 4 heteroatoms. The van der Waals surface area contributed by atoms with Crippen molar-refractivity contribution in [2.75, 3.05) is 13.1 Å². The van der Waals surface area contributed by atoms with E-state index in [0.717, 1.165) is 23.0 Å². The lowest BCUT2D eigenvalue weighted by Gasteiger charge is -2.16. The monoisotopic (exact) mass is 273 g/mol. The summed E-state index contributed by atoms with van der Waals surface area (Å²) in [7, 11) is 0. The largest absolute Gasteiger partial charge is 0.451 e. The van der Waals surface area contributed by atoms with E-state index in [1.807, 2.05) is 31.2 Å². The standard InChI is InChI=1S/C16H19NO3/c1-10-13-5-3-4-6-14(13)20-15(10)16(19)17-8-7-12(9-17)11(2)18/h3-6,11-12,18H,7-9H2,1-2H3. The van der Waals surface area contributed by atoms with Gasteiger partial charge in [0.15, 0.2) is 5.76 Å². The Hall–Kier alpha value is -1.81. The number of carbonyl (C=O) groups excluding carboxylic acids is 1. The number of likely N-dealkylation sites (tertiary alicyclic amines) is 1. The zero-order valence-corrected chi connectivity index (χ0v) is 11.8. The maximum Gasteiger partial charge on any atom is 0.289 e. The van der Waals surface area contributed by atoms with Crippen LogP contribution in [-0.2, 0) is 0 Å². The highest BCUT2D eigenvalue weighted by atomic mass is 16.3. The first-order valence-electron chi connectivity index (χ1n) is 7.03. The number of furan rings is 1. The van der Waals surface area contributed by atoms with Gasteiger partial charge >= 0.3 is 0 Å². The summed E-state index contributed by atoms with van der Waals surface area (Å²) in [6.45, 7) is 4.99. The number of amides is 1. The summed E-state index contributed by atoms with van der Waals surface area (Å²) in [4.78, 5) is 14.3. The van der Waals surface area contributed by atoms with Crippen molar-refractivity contribution < 1.29 is 14.3 Å². The Morgan fingerprint density at radius 1 is 1.45 bits per heavy atom. The Balaban J connectivity index is 1.88. The average molecular weight is 273 g/mol. The van der Waals surface area contributed by atoms with E-state index < -0.39 is 0 Å². The van der Waals surface area contributed by atoms with Gasteiger partial charge in [-0.3, -0.25) is 4.79 Å². The highest BCUT2D eigenvalue weighted by Gasteiger charge is 2.32. The molecule has 1 aliphatic rings. The van der Waals surface area contributed by atoms with Crippen molar-refractivity contribution in [3.63, 3.8) is 0 Å². The normalized spacial score (nSPS) is 20.6. The number of carbonyl (C=O) groups is 1. The first-order valence-corrected chi connectivity index (χ1v) is 7.03. The van der Waals surface area contributed by atoms with Gasteiger partial charge in [-0.25, -0.2) is 0 Å². The van der Waals surface area contributed by atoms with Gasteiger partial charge in [0.1, 0.15) is 5.58 Å². The number of hydrogen-bond donors (Lipinski definition) is 1. The number of aliphatic hydroxyl groups is 1. The second-order valence-electron chi connectivity index (χ2n) is 5.59. The molecule has 1 aromatic heterocycles. The number of hydrogen-bond acceptors (Lipinski definition) is 3. The van der Waals surface area contributed by atoms with Gasteiger partial charge in [0, 0.05) is 30.0 Å². The van der Waals surface area contributed by atoms with Crippen molar-refractivity contribution in [3.05, 3.63) is 35.6 Å². The Labute approximate surface area is 118 Å². The summed E-state index contributed by atoms with van der Waals surface area (Å²) in [5, 5.41) is 10.6. The fourth-order valence-electron chi connectivity index (χ4n) is 2.89. The summed E-state index contributed by atoms with van der Waals surface area (Å²) >= 11 is 0. The van der Waals surface area contributed by atoms with E-state index >= 15 is 0 Å². The van der Waals surface area contributed by atoms with Crippen LogP contribution < -0.4 is 0 Å². The second-order valence-corrected chi connectivity index (χ2v) is 5.59. The van der Waals surface area contributed by atoms with E-state index in [-0.39, 0.29) is 17.9 Å². The highest BCUT2D eigenvalue weighted by molar-refractivity contribution is 5.99. The predicted octanol–water partition coefficient (Wildman–Crippen LogP) is 2.58. The molecular weight excluding hydrogens is 254 g/mol. The quantitative estimate of drug-likeness (QED) is 0.915. The molecule has 0 bridgehead atoms. The van der Waals surface area contributed by atoms with Crippen molar-refractivity contribution in [2.24, 2.45) is 5.92 Å². The lowest BCUT2D eigenvalue weighted by atomic mass is 10.0. The zero-order chi connectivity index (χ0) is 14.3. The zero-order valence-electron chi connectivity index (χ0n) is 11.8. The van der Waals surface area contributed by atoms with Crippen LogP contribution in [0, 0.1) is 12.8 Å². The van der Waals surface area contributed by atoms with Gasteiger partial charge in [0.25, 0.3) is 5.91 Å². The minimum atomic E-state index is -0.371. The average Bonchev–Trinajstić information content (AvgIpc) is 3.04. The van der Waals surface area contributed by atoms with E-state index in [2.05, 4.69) is 0 Å². The van der Waals surface area contributed by atoms with E-state index in [1.54, 1.807) is 11.8 Å². The number of fused-ring (bicyclic) bond motifs is 1. The van der Waals surface area contributed by atoms with Crippen LogP contribution in [0.3, 0.4) is 0 Å². The molecule has 2 aromatic rings. The topological polar surface area (TPSA) is 53.7 Å². The fraction of sp³-hybridized carbons (Fsp3) is 0.438. The lowest BCUT2D eigenvalue weighted by molar-refractivity contribution is 0.0733. The molecule has 1 amide bonds. The van der Waals surface area contributed by atoms with Crippen LogP contribution in [-0.4, -0.2) is 35.1 Å². The van der Waals surface area contributed by atoms with Crippen molar-refractivity contribution in [1.82, 2.24) is 4.90 Å². The van der Waals surface area contributed by atoms with Crippen LogP contribution in [0.2, 0.25) is 0 Å². The molecule has 106 valence electrons. The minimum Gasteiger partial charge on any atom is -0.451 e. The Kier molecular flexibility index (Phi) is 3.26. The van der Waals surface area contributed by atoms with Crippen LogP contribution in [0.15, 0.2) is 28.7 Å². The molecule has 2 heterocycles. The highest BCUT2D eigenvalue weighted by Crippen LogP contribution is 2.28. The molecule has 20 heavy (non-hydrogen) atoms. The molecule has 1 aliphatic heterocycles. The van der Waals surface area contributed by atoms with Gasteiger partial charge in [-0.2, -0.15) is 0 Å². The number of rotatable bonds is 2. The summed E-state index contributed by atoms with van der Waals surface area (Å²) in [6.07, 6.45) is 0.479. The van der Waals surface area contributed by atoms with Gasteiger partial charge in [-0.15, -0.1) is 0 Å². The molecule has 4 nitrogen and oxygen atoms in total. The molecule has 0 saturated carbocycles.